The lowest BCUT2D eigenvalue weighted by Crippen LogP contribution is -2.63. The Morgan fingerprint density at radius 2 is 1.50 bits per heavy atom. The molecule has 0 aromatic heterocycles. The zero-order chi connectivity index (χ0) is 19.4. The second-order valence-corrected chi connectivity index (χ2v) is 6.58. The van der Waals surface area contributed by atoms with Gasteiger partial charge in [-0.3, -0.25) is 4.99 Å². The molecule has 6 N–H and O–H groups in total. The lowest BCUT2D eigenvalue weighted by atomic mass is 9.94. The molecule has 0 bridgehead atoms. The summed E-state index contributed by atoms with van der Waals surface area (Å²) in [6.07, 6.45) is -8.26. The van der Waals surface area contributed by atoms with Gasteiger partial charge < -0.3 is 44.8 Å². The number of hydrogen-bond donors (Lipinski definition) is 6. The third-order valence-corrected chi connectivity index (χ3v) is 4.70. The van der Waals surface area contributed by atoms with Crippen LogP contribution in [0.25, 0.3) is 0 Å². The molecule has 2 fully saturated rings. The van der Waals surface area contributed by atoms with Gasteiger partial charge >= 0.3 is 0 Å². The predicted octanol–water partition coefficient (Wildman–Crippen LogP) is -2.84. The summed E-state index contributed by atoms with van der Waals surface area (Å²) in [5, 5.41) is 59.3. The van der Waals surface area contributed by atoms with Gasteiger partial charge in [0.05, 0.1) is 19.3 Å². The molecule has 10 nitrogen and oxygen atoms in total. The normalized spacial score (nSPS) is 47.4. The minimum absolute atomic E-state index is 0.462. The summed E-state index contributed by atoms with van der Waals surface area (Å²) in [6.45, 7) is 2.44. The first kappa shape index (κ1) is 21.6. The third kappa shape index (κ3) is 4.41. The lowest BCUT2D eigenvalue weighted by Gasteiger charge is -2.45. The van der Waals surface area contributed by atoms with Gasteiger partial charge in [0.15, 0.2) is 6.29 Å². The van der Waals surface area contributed by atoms with Gasteiger partial charge in [-0.05, 0) is 19.6 Å². The van der Waals surface area contributed by atoms with Gasteiger partial charge in [-0.1, -0.05) is 6.92 Å². The molecule has 2 saturated heterocycles. The van der Waals surface area contributed by atoms with Crippen molar-refractivity contribution in [2.75, 3.05) is 13.2 Å². The largest absolute Gasteiger partial charge is 0.394 e. The molecule has 10 atom stereocenters. The Morgan fingerprint density at radius 3 is 2.08 bits per heavy atom. The second-order valence-electron chi connectivity index (χ2n) is 6.58. The standard InChI is InChI=1S/C16H29NO9/c1-3-4-17-10-13(22)11(20)9(6-19)25-16(10)26-15-7(2)24-8(5-18)12(21)14(15)23/h4,7-16,18-23H,3,5-6H2,1-2H3. The third-order valence-electron chi connectivity index (χ3n) is 4.70. The van der Waals surface area contributed by atoms with E-state index in [1.165, 1.54) is 6.21 Å². The monoisotopic (exact) mass is 379 g/mol. The van der Waals surface area contributed by atoms with Crippen molar-refractivity contribution in [2.45, 2.75) is 81.4 Å². The van der Waals surface area contributed by atoms with Crippen LogP contribution < -0.4 is 0 Å². The molecule has 0 radical (unpaired) electrons. The van der Waals surface area contributed by atoms with Gasteiger partial charge in [0.2, 0.25) is 0 Å². The Balaban J connectivity index is 2.18. The van der Waals surface area contributed by atoms with Gasteiger partial charge in [-0.15, -0.1) is 0 Å². The van der Waals surface area contributed by atoms with Crippen molar-refractivity contribution >= 4 is 6.21 Å². The molecular weight excluding hydrogens is 350 g/mol. The van der Waals surface area contributed by atoms with Gasteiger partial charge in [-0.25, -0.2) is 0 Å². The van der Waals surface area contributed by atoms with Gasteiger partial charge in [-0.2, -0.15) is 0 Å². The number of nitrogens with zero attached hydrogens (tertiary/aromatic N) is 1. The van der Waals surface area contributed by atoms with Crippen LogP contribution in [0.4, 0.5) is 0 Å². The van der Waals surface area contributed by atoms with Crippen LogP contribution in [-0.2, 0) is 14.2 Å². The molecule has 10 unspecified atom stereocenters. The minimum Gasteiger partial charge on any atom is -0.394 e. The summed E-state index contributed by atoms with van der Waals surface area (Å²) >= 11 is 0. The topological polar surface area (TPSA) is 161 Å². The maximum absolute atomic E-state index is 10.3. The fraction of sp³-hybridized carbons (Fsp3) is 0.938. The van der Waals surface area contributed by atoms with E-state index in [4.69, 9.17) is 14.2 Å². The molecule has 0 aliphatic carbocycles. The lowest BCUT2D eigenvalue weighted by molar-refractivity contribution is -0.317. The predicted molar refractivity (Wildman–Crippen MR) is 88.6 cm³/mol. The number of ether oxygens (including phenoxy) is 3. The Hall–Kier alpha value is -0.690. The highest BCUT2D eigenvalue weighted by Crippen LogP contribution is 2.30. The zero-order valence-corrected chi connectivity index (χ0v) is 14.8. The van der Waals surface area contributed by atoms with E-state index < -0.39 is 74.4 Å². The molecule has 0 aromatic rings. The molecule has 0 aromatic carbocycles. The smallest absolute Gasteiger partial charge is 0.183 e. The molecule has 2 aliphatic rings. The molecular formula is C16H29NO9. The molecule has 2 rings (SSSR count). The van der Waals surface area contributed by atoms with E-state index in [1.54, 1.807) is 6.92 Å². The maximum Gasteiger partial charge on any atom is 0.183 e. The fourth-order valence-electron chi connectivity index (χ4n) is 3.19. The van der Waals surface area contributed by atoms with Crippen LogP contribution in [0.5, 0.6) is 0 Å². The van der Waals surface area contributed by atoms with Crippen molar-refractivity contribution in [3.8, 4) is 0 Å². The highest BCUT2D eigenvalue weighted by Gasteiger charge is 2.49. The molecule has 2 aliphatic heterocycles. The van der Waals surface area contributed by atoms with E-state index >= 15 is 0 Å². The summed E-state index contributed by atoms with van der Waals surface area (Å²) < 4.78 is 16.7. The molecule has 152 valence electrons. The van der Waals surface area contributed by atoms with Crippen molar-refractivity contribution in [3.63, 3.8) is 0 Å². The number of rotatable bonds is 6. The summed E-state index contributed by atoms with van der Waals surface area (Å²) in [4.78, 5) is 4.16. The molecule has 0 saturated carbocycles. The first-order valence-corrected chi connectivity index (χ1v) is 8.77. The molecule has 0 amide bonds. The van der Waals surface area contributed by atoms with Crippen LogP contribution in [-0.4, -0.2) is 111 Å². The van der Waals surface area contributed by atoms with E-state index in [-0.39, 0.29) is 0 Å². The van der Waals surface area contributed by atoms with Crippen LogP contribution in [0.15, 0.2) is 4.99 Å². The Labute approximate surface area is 151 Å². The minimum atomic E-state index is -1.37. The summed E-state index contributed by atoms with van der Waals surface area (Å²) in [5.41, 5.74) is 0. The molecule has 26 heavy (non-hydrogen) atoms. The second kappa shape index (κ2) is 9.49. The van der Waals surface area contributed by atoms with Crippen molar-refractivity contribution in [1.29, 1.82) is 0 Å². The summed E-state index contributed by atoms with van der Waals surface area (Å²) in [5.74, 6) is 0. The van der Waals surface area contributed by atoms with Gasteiger partial charge in [0, 0.05) is 0 Å². The Kier molecular flexibility index (Phi) is 7.89. The van der Waals surface area contributed by atoms with Crippen molar-refractivity contribution < 1.29 is 44.8 Å². The van der Waals surface area contributed by atoms with Crippen molar-refractivity contribution in [3.05, 3.63) is 0 Å². The highest BCUT2D eigenvalue weighted by atomic mass is 16.7. The van der Waals surface area contributed by atoms with E-state index in [1.807, 2.05) is 6.92 Å². The number of hydrogen-bond acceptors (Lipinski definition) is 10. The first-order chi connectivity index (χ1) is 12.3. The number of aliphatic imine (C=N–C) groups is 1. The Bertz CT molecular complexity index is 465. The van der Waals surface area contributed by atoms with E-state index in [9.17, 15) is 30.6 Å². The van der Waals surface area contributed by atoms with Crippen molar-refractivity contribution in [1.82, 2.24) is 0 Å². The van der Waals surface area contributed by atoms with E-state index in [0.29, 0.717) is 6.42 Å². The average molecular weight is 379 g/mol. The summed E-state index contributed by atoms with van der Waals surface area (Å²) in [6, 6.07) is -0.986. The quantitative estimate of drug-likeness (QED) is 0.267. The summed E-state index contributed by atoms with van der Waals surface area (Å²) in [7, 11) is 0. The van der Waals surface area contributed by atoms with Crippen LogP contribution >= 0.6 is 0 Å². The molecule has 2 heterocycles. The van der Waals surface area contributed by atoms with Crippen molar-refractivity contribution in [2.24, 2.45) is 4.99 Å². The fourth-order valence-corrected chi connectivity index (χ4v) is 3.19. The average Bonchev–Trinajstić information content (AvgIpc) is 2.63. The van der Waals surface area contributed by atoms with Crippen LogP contribution in [0.3, 0.4) is 0 Å². The first-order valence-electron chi connectivity index (χ1n) is 8.77. The van der Waals surface area contributed by atoms with Crippen LogP contribution in [0, 0.1) is 0 Å². The van der Waals surface area contributed by atoms with Gasteiger partial charge in [0.25, 0.3) is 0 Å². The van der Waals surface area contributed by atoms with Gasteiger partial charge in [0.1, 0.15) is 48.8 Å². The van der Waals surface area contributed by atoms with E-state index in [2.05, 4.69) is 4.99 Å². The number of aliphatic hydroxyl groups excluding tert-OH is 6. The zero-order valence-electron chi connectivity index (χ0n) is 14.8. The molecule has 10 heteroatoms. The number of aliphatic hydroxyl groups is 6. The SMILES string of the molecule is CCC=NC1C(OC2C(C)OC(CO)C(O)C2O)OC(CO)C(O)C1O. The van der Waals surface area contributed by atoms with Crippen LogP contribution in [0.2, 0.25) is 0 Å². The maximum atomic E-state index is 10.3. The van der Waals surface area contributed by atoms with E-state index in [0.717, 1.165) is 0 Å². The molecule has 0 spiro atoms. The Morgan fingerprint density at radius 1 is 0.923 bits per heavy atom. The van der Waals surface area contributed by atoms with Crippen LogP contribution in [0.1, 0.15) is 20.3 Å². The highest BCUT2D eigenvalue weighted by molar-refractivity contribution is 5.57.